The van der Waals surface area contributed by atoms with E-state index in [1.54, 1.807) is 24.3 Å². The number of benzene rings is 1. The summed E-state index contributed by atoms with van der Waals surface area (Å²) < 4.78 is 0. The van der Waals surface area contributed by atoms with Crippen molar-refractivity contribution in [2.45, 2.75) is 25.7 Å². The summed E-state index contributed by atoms with van der Waals surface area (Å²) >= 11 is 0. The number of carbonyl (C=O) groups excluding carboxylic acids is 3. The number of nitrogens with zero attached hydrogens (tertiary/aromatic N) is 1. The average molecular weight is 330 g/mol. The van der Waals surface area contributed by atoms with Crippen LogP contribution in [0, 0.1) is 5.92 Å². The number of piperidine rings is 1. The summed E-state index contributed by atoms with van der Waals surface area (Å²) in [5, 5.41) is 8.49. The van der Waals surface area contributed by atoms with E-state index in [4.69, 9.17) is 0 Å². The maximum atomic E-state index is 12.1. The fourth-order valence-corrected chi connectivity index (χ4v) is 3.10. The number of hydrogen-bond donors (Lipinski definition) is 3. The number of anilines is 2. The lowest BCUT2D eigenvalue weighted by Gasteiger charge is -2.26. The average Bonchev–Trinajstić information content (AvgIpc) is 2.57. The van der Waals surface area contributed by atoms with Gasteiger partial charge in [-0.2, -0.15) is 0 Å². The topological polar surface area (TPSA) is 90.5 Å². The van der Waals surface area contributed by atoms with E-state index in [-0.39, 0.29) is 11.8 Å². The maximum absolute atomic E-state index is 12.1. The van der Waals surface area contributed by atoms with Gasteiger partial charge < -0.3 is 10.6 Å². The van der Waals surface area contributed by atoms with Crippen molar-refractivity contribution in [1.82, 2.24) is 10.6 Å². The summed E-state index contributed by atoms with van der Waals surface area (Å²) in [6, 6.07) is 6.69. The second-order valence-corrected chi connectivity index (χ2v) is 6.25. The van der Waals surface area contributed by atoms with Crippen molar-refractivity contribution in [2.75, 3.05) is 29.9 Å². The molecule has 2 fully saturated rings. The SMILES string of the molecule is O=C1CCN(c2ccc(NC(=O)CC3CCNCC3)cc2)C(=O)N1. The van der Waals surface area contributed by atoms with Crippen molar-refractivity contribution in [2.24, 2.45) is 5.92 Å². The van der Waals surface area contributed by atoms with Gasteiger partial charge in [-0.1, -0.05) is 0 Å². The number of imide groups is 1. The fourth-order valence-electron chi connectivity index (χ4n) is 3.10. The Morgan fingerprint density at radius 2 is 1.88 bits per heavy atom. The first kappa shape index (κ1) is 16.4. The minimum absolute atomic E-state index is 0.0240. The molecule has 0 spiro atoms. The van der Waals surface area contributed by atoms with Crippen molar-refractivity contribution >= 4 is 29.2 Å². The molecule has 0 aliphatic carbocycles. The lowest BCUT2D eigenvalue weighted by molar-refractivity contribution is -0.120. The molecule has 0 bridgehead atoms. The Morgan fingerprint density at radius 1 is 1.17 bits per heavy atom. The zero-order valence-corrected chi connectivity index (χ0v) is 13.5. The maximum Gasteiger partial charge on any atom is 0.328 e. The summed E-state index contributed by atoms with van der Waals surface area (Å²) in [4.78, 5) is 36.6. The van der Waals surface area contributed by atoms with Gasteiger partial charge in [0.2, 0.25) is 11.8 Å². The Kier molecular flexibility index (Phi) is 5.10. The van der Waals surface area contributed by atoms with Crippen LogP contribution in [0.1, 0.15) is 25.7 Å². The molecule has 2 aliphatic heterocycles. The van der Waals surface area contributed by atoms with Crippen LogP contribution in [0.3, 0.4) is 0 Å². The van der Waals surface area contributed by atoms with Crippen molar-refractivity contribution in [1.29, 1.82) is 0 Å². The molecule has 3 N–H and O–H groups in total. The van der Waals surface area contributed by atoms with Crippen molar-refractivity contribution in [3.63, 3.8) is 0 Å². The molecule has 0 unspecified atom stereocenters. The molecular formula is C17H22N4O3. The van der Waals surface area contributed by atoms with Gasteiger partial charge in [0.05, 0.1) is 0 Å². The molecule has 2 aliphatic rings. The van der Waals surface area contributed by atoms with Gasteiger partial charge in [-0.15, -0.1) is 0 Å². The lowest BCUT2D eigenvalue weighted by atomic mass is 9.94. The van der Waals surface area contributed by atoms with Crippen LogP contribution < -0.4 is 20.9 Å². The minimum atomic E-state index is -0.408. The quantitative estimate of drug-likeness (QED) is 0.779. The molecule has 0 aromatic heterocycles. The Balaban J connectivity index is 1.55. The molecule has 24 heavy (non-hydrogen) atoms. The zero-order valence-electron chi connectivity index (χ0n) is 13.5. The summed E-state index contributed by atoms with van der Waals surface area (Å²) in [5.41, 5.74) is 1.42. The molecule has 7 nitrogen and oxygen atoms in total. The molecule has 1 aromatic carbocycles. The normalized spacial score (nSPS) is 19.1. The highest BCUT2D eigenvalue weighted by Gasteiger charge is 2.24. The van der Waals surface area contributed by atoms with Gasteiger partial charge >= 0.3 is 6.03 Å². The first-order valence-electron chi connectivity index (χ1n) is 8.34. The van der Waals surface area contributed by atoms with Gasteiger partial charge in [-0.3, -0.25) is 19.8 Å². The van der Waals surface area contributed by atoms with Crippen LogP contribution in [0.5, 0.6) is 0 Å². The van der Waals surface area contributed by atoms with Gasteiger partial charge in [0.15, 0.2) is 0 Å². The first-order valence-corrected chi connectivity index (χ1v) is 8.34. The van der Waals surface area contributed by atoms with Crippen LogP contribution in [0.4, 0.5) is 16.2 Å². The molecule has 0 radical (unpaired) electrons. The third-order valence-electron chi connectivity index (χ3n) is 4.45. The highest BCUT2D eigenvalue weighted by molar-refractivity contribution is 6.05. The van der Waals surface area contributed by atoms with Crippen LogP contribution >= 0.6 is 0 Å². The van der Waals surface area contributed by atoms with E-state index in [9.17, 15) is 14.4 Å². The standard InChI is InChI=1S/C17H22N4O3/c22-15-7-10-21(17(24)20-15)14-3-1-13(2-4-14)19-16(23)11-12-5-8-18-9-6-12/h1-4,12,18H,5-11H2,(H,19,23)(H,20,22,24). The van der Waals surface area contributed by atoms with Crippen molar-refractivity contribution < 1.29 is 14.4 Å². The molecule has 1 aromatic rings. The van der Waals surface area contributed by atoms with Gasteiger partial charge in [0, 0.05) is 30.8 Å². The predicted octanol–water partition coefficient (Wildman–Crippen LogP) is 1.46. The number of carbonyl (C=O) groups is 3. The number of nitrogens with one attached hydrogen (secondary N) is 3. The number of urea groups is 1. The largest absolute Gasteiger partial charge is 0.328 e. The van der Waals surface area contributed by atoms with E-state index in [1.165, 1.54) is 4.90 Å². The van der Waals surface area contributed by atoms with E-state index in [1.807, 2.05) is 0 Å². The van der Waals surface area contributed by atoms with E-state index >= 15 is 0 Å². The molecule has 7 heteroatoms. The Morgan fingerprint density at radius 3 is 2.54 bits per heavy atom. The summed E-state index contributed by atoms with van der Waals surface area (Å²) in [6.07, 6.45) is 2.91. The smallest absolute Gasteiger partial charge is 0.326 e. The van der Waals surface area contributed by atoms with Crippen LogP contribution in [-0.2, 0) is 9.59 Å². The molecular weight excluding hydrogens is 308 g/mol. The molecule has 0 atom stereocenters. The van der Waals surface area contributed by atoms with Crippen LogP contribution in [0.2, 0.25) is 0 Å². The Hall–Kier alpha value is -2.41. The van der Waals surface area contributed by atoms with Crippen LogP contribution in [-0.4, -0.2) is 37.5 Å². The third-order valence-corrected chi connectivity index (χ3v) is 4.45. The Labute approximate surface area is 140 Å². The fraction of sp³-hybridized carbons (Fsp3) is 0.471. The minimum Gasteiger partial charge on any atom is -0.326 e. The van der Waals surface area contributed by atoms with E-state index < -0.39 is 6.03 Å². The number of hydrogen-bond acceptors (Lipinski definition) is 4. The molecule has 4 amide bonds. The zero-order chi connectivity index (χ0) is 16.9. The van der Waals surface area contributed by atoms with E-state index in [0.29, 0.717) is 36.7 Å². The third kappa shape index (κ3) is 4.11. The molecule has 3 rings (SSSR count). The number of amides is 4. The summed E-state index contributed by atoms with van der Waals surface area (Å²) in [6.45, 7) is 2.33. The lowest BCUT2D eigenvalue weighted by Crippen LogP contribution is -2.49. The van der Waals surface area contributed by atoms with Gasteiger partial charge in [-0.25, -0.2) is 4.79 Å². The second kappa shape index (κ2) is 7.44. The molecule has 128 valence electrons. The first-order chi connectivity index (χ1) is 11.6. The van der Waals surface area contributed by atoms with Crippen LogP contribution in [0.25, 0.3) is 0 Å². The molecule has 2 heterocycles. The highest BCUT2D eigenvalue weighted by atomic mass is 16.2. The molecule has 2 saturated heterocycles. The van der Waals surface area contributed by atoms with E-state index in [0.717, 1.165) is 25.9 Å². The van der Waals surface area contributed by atoms with Crippen LogP contribution in [0.15, 0.2) is 24.3 Å². The van der Waals surface area contributed by atoms with Crippen molar-refractivity contribution in [3.8, 4) is 0 Å². The summed E-state index contributed by atoms with van der Waals surface area (Å²) in [5.74, 6) is 0.217. The summed E-state index contributed by atoms with van der Waals surface area (Å²) in [7, 11) is 0. The highest BCUT2D eigenvalue weighted by Crippen LogP contribution is 2.21. The van der Waals surface area contributed by atoms with Gasteiger partial charge in [0.25, 0.3) is 0 Å². The predicted molar refractivity (Wildman–Crippen MR) is 90.8 cm³/mol. The second-order valence-electron chi connectivity index (χ2n) is 6.25. The van der Waals surface area contributed by atoms with Gasteiger partial charge in [0.1, 0.15) is 0 Å². The molecule has 0 saturated carbocycles. The van der Waals surface area contributed by atoms with Crippen molar-refractivity contribution in [3.05, 3.63) is 24.3 Å². The monoisotopic (exact) mass is 330 g/mol. The van der Waals surface area contributed by atoms with Gasteiger partial charge in [-0.05, 0) is 56.1 Å². The Bertz CT molecular complexity index is 623. The number of rotatable bonds is 4. The van der Waals surface area contributed by atoms with E-state index in [2.05, 4.69) is 16.0 Å².